The molecule has 0 fully saturated rings. The Bertz CT molecular complexity index is 219. The summed E-state index contributed by atoms with van der Waals surface area (Å²) < 4.78 is 14.1. The van der Waals surface area contributed by atoms with Crippen molar-refractivity contribution < 1.29 is 34.0 Å². The smallest absolute Gasteiger partial charge is 0.395 e. The quantitative estimate of drug-likeness (QED) is 0.553. The first-order valence-corrected chi connectivity index (χ1v) is 4.35. The second-order valence-electron chi connectivity index (χ2n) is 2.41. The van der Waals surface area contributed by atoms with E-state index < -0.39 is 24.5 Å². The van der Waals surface area contributed by atoms with Gasteiger partial charge in [-0.3, -0.25) is 0 Å². The van der Waals surface area contributed by atoms with E-state index >= 15 is 0 Å². The normalized spacial score (nSPS) is 11.3. The first kappa shape index (κ1) is 13.8. The fourth-order valence-electron chi connectivity index (χ4n) is 0.847. The molecule has 0 saturated carbocycles. The van der Waals surface area contributed by atoms with Gasteiger partial charge < -0.3 is 24.4 Å². The molecule has 0 aliphatic heterocycles. The minimum atomic E-state index is -2.33. The molecule has 2 N–H and O–H groups in total. The Labute approximate surface area is 86.5 Å². The maximum Gasteiger partial charge on any atom is 0.395 e. The van der Waals surface area contributed by atoms with Crippen LogP contribution in [0.2, 0.25) is 0 Å². The maximum atomic E-state index is 10.8. The lowest BCUT2D eigenvalue weighted by Crippen LogP contribution is -2.48. The second kappa shape index (κ2) is 6.33. The third-order valence-corrected chi connectivity index (χ3v) is 1.32. The Kier molecular flexibility index (Phi) is 5.83. The molecule has 7 nitrogen and oxygen atoms in total. The number of aliphatic carboxylic acids is 2. The van der Waals surface area contributed by atoms with Crippen molar-refractivity contribution in [3.8, 4) is 0 Å². The van der Waals surface area contributed by atoms with Gasteiger partial charge in [0.05, 0.1) is 13.2 Å². The number of hydrogen-bond acceptors (Lipinski definition) is 5. The van der Waals surface area contributed by atoms with E-state index in [0.29, 0.717) is 0 Å². The largest absolute Gasteiger partial charge is 0.480 e. The molecule has 0 saturated heterocycles. The van der Waals surface area contributed by atoms with Crippen molar-refractivity contribution in [2.45, 2.75) is 19.8 Å². The lowest BCUT2D eigenvalue weighted by atomic mass is 10.5. The fourth-order valence-corrected chi connectivity index (χ4v) is 0.847. The van der Waals surface area contributed by atoms with Gasteiger partial charge in [-0.05, 0) is 13.8 Å². The van der Waals surface area contributed by atoms with Crippen LogP contribution in [0.15, 0.2) is 0 Å². The summed E-state index contributed by atoms with van der Waals surface area (Å²) in [6.07, 6.45) is 0. The highest BCUT2D eigenvalue weighted by molar-refractivity contribution is 5.75. The average molecular weight is 222 g/mol. The van der Waals surface area contributed by atoms with Crippen molar-refractivity contribution in [2.24, 2.45) is 0 Å². The first-order chi connectivity index (χ1) is 6.98. The molecule has 0 bridgehead atoms. The van der Waals surface area contributed by atoms with Crippen LogP contribution in [0.5, 0.6) is 0 Å². The van der Waals surface area contributed by atoms with Crippen LogP contribution in [-0.2, 0) is 23.8 Å². The number of carboxylic acids is 2. The van der Waals surface area contributed by atoms with E-state index in [1.807, 2.05) is 0 Å². The molecule has 0 aromatic heterocycles. The fraction of sp³-hybridized carbons (Fsp3) is 0.750. The molecule has 0 spiro atoms. The number of carbonyl (C=O) groups is 2. The molecule has 0 amide bonds. The van der Waals surface area contributed by atoms with Crippen LogP contribution in [0.3, 0.4) is 0 Å². The number of hydrogen-bond donors (Lipinski definition) is 2. The molecule has 0 aromatic carbocycles. The summed E-state index contributed by atoms with van der Waals surface area (Å²) in [7, 11) is 0. The molecular weight excluding hydrogens is 208 g/mol. The zero-order valence-corrected chi connectivity index (χ0v) is 8.56. The van der Waals surface area contributed by atoms with Gasteiger partial charge in [0.2, 0.25) is 0 Å². The van der Waals surface area contributed by atoms with Gasteiger partial charge in [0.25, 0.3) is 0 Å². The third kappa shape index (κ3) is 4.24. The van der Waals surface area contributed by atoms with E-state index in [0.717, 1.165) is 0 Å². The third-order valence-electron chi connectivity index (χ3n) is 1.32. The maximum absolute atomic E-state index is 10.8. The highest BCUT2D eigenvalue weighted by Crippen LogP contribution is 2.15. The summed E-state index contributed by atoms with van der Waals surface area (Å²) in [5.74, 6) is -5.16. The summed E-state index contributed by atoms with van der Waals surface area (Å²) in [5, 5.41) is 17.2. The second-order valence-corrected chi connectivity index (χ2v) is 2.41. The molecule has 0 aliphatic rings. The molecule has 0 aromatic rings. The molecule has 15 heavy (non-hydrogen) atoms. The first-order valence-electron chi connectivity index (χ1n) is 4.35. The minimum absolute atomic E-state index is 0.0198. The van der Waals surface area contributed by atoms with Crippen LogP contribution < -0.4 is 0 Å². The van der Waals surface area contributed by atoms with E-state index in [2.05, 4.69) is 4.74 Å². The zero-order chi connectivity index (χ0) is 11.9. The van der Waals surface area contributed by atoms with Crippen LogP contribution in [0.4, 0.5) is 0 Å². The standard InChI is InChI=1S/C8H14O7/c1-3-13-8(7(11)12,14-4-2)15-5-6(9)10/h3-5H2,1-2H3,(H,9,10)(H,11,12). The Morgan fingerprint density at radius 3 is 1.80 bits per heavy atom. The van der Waals surface area contributed by atoms with Gasteiger partial charge in [0, 0.05) is 0 Å². The molecule has 7 heteroatoms. The van der Waals surface area contributed by atoms with E-state index in [1.54, 1.807) is 13.8 Å². The average Bonchev–Trinajstić information content (AvgIpc) is 2.14. The highest BCUT2D eigenvalue weighted by Gasteiger charge is 2.43. The number of rotatable bonds is 8. The van der Waals surface area contributed by atoms with Gasteiger partial charge in [-0.2, -0.15) is 0 Å². The van der Waals surface area contributed by atoms with Gasteiger partial charge >= 0.3 is 17.9 Å². The molecular formula is C8H14O7. The van der Waals surface area contributed by atoms with Crippen LogP contribution in [0.25, 0.3) is 0 Å². The summed E-state index contributed by atoms with van der Waals surface area (Å²) in [5.41, 5.74) is 0. The van der Waals surface area contributed by atoms with E-state index in [9.17, 15) is 9.59 Å². The number of carboxylic acid groups (broad SMARTS) is 2. The lowest BCUT2D eigenvalue weighted by Gasteiger charge is -2.27. The SMILES string of the molecule is CCOC(OCC)(OCC(=O)O)C(=O)O. The Morgan fingerprint density at radius 1 is 1.07 bits per heavy atom. The van der Waals surface area contributed by atoms with E-state index in [-0.39, 0.29) is 13.2 Å². The predicted molar refractivity (Wildman–Crippen MR) is 47.2 cm³/mol. The van der Waals surface area contributed by atoms with Crippen molar-refractivity contribution in [1.82, 2.24) is 0 Å². The van der Waals surface area contributed by atoms with Gasteiger partial charge in [-0.25, -0.2) is 9.59 Å². The lowest BCUT2D eigenvalue weighted by molar-refractivity contribution is -0.358. The monoisotopic (exact) mass is 222 g/mol. The molecule has 0 rings (SSSR count). The Balaban J connectivity index is 4.61. The number of ether oxygens (including phenoxy) is 3. The van der Waals surface area contributed by atoms with Gasteiger partial charge in [-0.1, -0.05) is 0 Å². The molecule has 0 unspecified atom stereocenters. The summed E-state index contributed by atoms with van der Waals surface area (Å²) in [6.45, 7) is 2.31. The molecule has 0 heterocycles. The van der Waals surface area contributed by atoms with E-state index in [4.69, 9.17) is 19.7 Å². The Hall–Kier alpha value is -1.18. The van der Waals surface area contributed by atoms with Gasteiger partial charge in [0.1, 0.15) is 0 Å². The van der Waals surface area contributed by atoms with Crippen molar-refractivity contribution >= 4 is 11.9 Å². The Morgan fingerprint density at radius 2 is 1.53 bits per heavy atom. The molecule has 88 valence electrons. The van der Waals surface area contributed by atoms with Crippen molar-refractivity contribution in [2.75, 3.05) is 19.8 Å². The van der Waals surface area contributed by atoms with Gasteiger partial charge in [0.15, 0.2) is 6.61 Å². The van der Waals surface area contributed by atoms with Crippen LogP contribution in [0, 0.1) is 0 Å². The molecule has 0 aliphatic carbocycles. The summed E-state index contributed by atoms with van der Waals surface area (Å²) in [6, 6.07) is 0. The molecule has 0 radical (unpaired) electrons. The van der Waals surface area contributed by atoms with Crippen LogP contribution in [0.1, 0.15) is 13.8 Å². The predicted octanol–water partition coefficient (Wildman–Crippen LogP) is -0.101. The molecule has 0 atom stereocenters. The minimum Gasteiger partial charge on any atom is -0.480 e. The van der Waals surface area contributed by atoms with Crippen molar-refractivity contribution in [1.29, 1.82) is 0 Å². The van der Waals surface area contributed by atoms with E-state index in [1.165, 1.54) is 0 Å². The van der Waals surface area contributed by atoms with Crippen molar-refractivity contribution in [3.05, 3.63) is 0 Å². The summed E-state index contributed by atoms with van der Waals surface area (Å²) >= 11 is 0. The van der Waals surface area contributed by atoms with Crippen LogP contribution >= 0.6 is 0 Å². The van der Waals surface area contributed by atoms with Crippen molar-refractivity contribution in [3.63, 3.8) is 0 Å². The summed E-state index contributed by atoms with van der Waals surface area (Å²) in [4.78, 5) is 21.1. The highest BCUT2D eigenvalue weighted by atomic mass is 16.9. The zero-order valence-electron chi connectivity index (χ0n) is 8.56. The van der Waals surface area contributed by atoms with Gasteiger partial charge in [-0.15, -0.1) is 0 Å². The van der Waals surface area contributed by atoms with Crippen LogP contribution in [-0.4, -0.2) is 47.9 Å². The topological polar surface area (TPSA) is 102 Å².